The molecule has 0 saturated carbocycles. The van der Waals surface area contributed by atoms with E-state index < -0.39 is 0 Å². The summed E-state index contributed by atoms with van der Waals surface area (Å²) < 4.78 is 3.60. The summed E-state index contributed by atoms with van der Waals surface area (Å²) >= 11 is 0. The van der Waals surface area contributed by atoms with Gasteiger partial charge in [0.25, 0.3) is 17.7 Å². The van der Waals surface area contributed by atoms with Crippen LogP contribution in [0.3, 0.4) is 0 Å². The van der Waals surface area contributed by atoms with Crippen molar-refractivity contribution in [3.05, 3.63) is 227 Å². The third kappa shape index (κ3) is 23.5. The number of hydrogen-bond donors (Lipinski definition) is 8. The maximum Gasteiger partial charge on any atom is 0.251 e. The van der Waals surface area contributed by atoms with E-state index in [9.17, 15) is 28.8 Å². The molecule has 630 valence electrons. The van der Waals surface area contributed by atoms with E-state index in [1.165, 1.54) is 0 Å². The second kappa shape index (κ2) is 41.3. The van der Waals surface area contributed by atoms with Gasteiger partial charge in [0.05, 0.1) is 55.9 Å². The van der Waals surface area contributed by atoms with E-state index in [0.717, 1.165) is 195 Å². The zero-order valence-electron chi connectivity index (χ0n) is 70.4. The molecule has 8 aromatic carbocycles. The molecule has 6 heterocycles. The van der Waals surface area contributed by atoms with Gasteiger partial charge in [0.15, 0.2) is 5.78 Å². The number of benzene rings is 8. The minimum Gasteiger partial charge on any atom is -0.356 e. The number of aromatic amines is 3. The molecule has 0 radical (unpaired) electrons. The molecule has 8 N–H and O–H groups in total. The number of aryl methyl sites for hydroxylation is 4. The number of unbranched alkanes of at least 4 members (excludes halogenated alkanes) is 2. The van der Waals surface area contributed by atoms with Crippen molar-refractivity contribution in [2.24, 2.45) is 4.99 Å². The maximum atomic E-state index is 13.2. The number of carbonyl (C=O) groups excluding carboxylic acids is 6. The average Bonchev–Trinajstić information content (AvgIpc) is 1.64. The van der Waals surface area contributed by atoms with Crippen LogP contribution in [0, 0.1) is 0 Å². The lowest BCUT2D eigenvalue weighted by Crippen LogP contribution is -2.33. The highest BCUT2D eigenvalue weighted by Gasteiger charge is 2.21. The van der Waals surface area contributed by atoms with E-state index in [2.05, 4.69) is 146 Å². The lowest BCUT2D eigenvalue weighted by molar-refractivity contribution is -0.126. The Morgan fingerprint density at radius 1 is 0.369 bits per heavy atom. The maximum absolute atomic E-state index is 13.2. The first-order valence-electron chi connectivity index (χ1n) is 42.3. The minimum atomic E-state index is -0.171. The van der Waals surface area contributed by atoms with Crippen LogP contribution in [0.15, 0.2) is 187 Å². The Balaban J connectivity index is 0.405. The summed E-state index contributed by atoms with van der Waals surface area (Å²) in [6, 6.07) is 55.3. The van der Waals surface area contributed by atoms with E-state index in [-0.39, 0.29) is 48.2 Å². The van der Waals surface area contributed by atoms with Crippen molar-refractivity contribution in [2.75, 3.05) is 114 Å². The molecule has 5 aromatic heterocycles. The van der Waals surface area contributed by atoms with Gasteiger partial charge in [-0.3, -0.25) is 43.1 Å². The molecule has 0 aliphatic carbocycles. The molecule has 1 aliphatic rings. The number of amides is 5. The molecular formula is C94H108N22O6. The molecule has 13 aromatic rings. The fourth-order valence-electron chi connectivity index (χ4n) is 14.9. The third-order valence-electron chi connectivity index (χ3n) is 22.0. The molecule has 1 aliphatic heterocycles. The normalized spacial score (nSPS) is 12.0. The van der Waals surface area contributed by atoms with Crippen LogP contribution >= 0.6 is 0 Å². The number of nitrogens with zero attached hydrogens (tertiary/aromatic N) is 14. The van der Waals surface area contributed by atoms with Crippen molar-refractivity contribution in [3.8, 4) is 56.4 Å². The number of carbonyl (C=O) groups is 6. The average molecular weight is 1640 g/mol. The number of likely N-dealkylation sites (N-methyl/N-ethyl adjacent to an activating group) is 3. The van der Waals surface area contributed by atoms with Crippen LogP contribution in [0.2, 0.25) is 0 Å². The first-order valence-corrected chi connectivity index (χ1v) is 42.3. The summed E-state index contributed by atoms with van der Waals surface area (Å²) in [5.74, 6) is 1.65. The standard InChI is InChI=1S/C94H108N22O6/c1-111(2)48-11-16-86(117)64-19-21-65(22-20-64)89-101-79-39-36-73(58-84(79)104-89)74-37-40-80-85(59-74)106-91(103-80)67-25-31-70(32-26-67)94(122)99-47-55-114(6)50-10-8-15-77-62-116(110-108-77)52-13-44-96-88(119)42-41-87(118)95-43-12-51-115-61-76(107-109-115)14-7-9-49-113(5)54-46-98-93(121)69-29-23-66(24-30-69)90-102-78-38-35-72(57-83(78)105-90)71-33-34-75-60-81(100-82(75)56-71)63-17-27-68(28-18-63)92(120)97-45-53-112(3)4/h17-40,56-59,61-62H,7-16,41-55,60H2,1-6H3,(H,95,118)(H,96,119)(H,97,120)(H,98,121)(H,99,122)(H,101,104)(H,102,105)(H,103,106). The summed E-state index contributed by atoms with van der Waals surface area (Å²) in [6.45, 7) is 8.59. The number of Topliss-reactive ketones (excluding diaryl/α,β-unsaturated/α-hetero) is 1. The van der Waals surface area contributed by atoms with Gasteiger partial charge < -0.3 is 61.1 Å². The first-order chi connectivity index (χ1) is 59.3. The predicted molar refractivity (Wildman–Crippen MR) is 478 cm³/mol. The number of ketones is 1. The number of H-pyrrole nitrogens is 3. The van der Waals surface area contributed by atoms with Gasteiger partial charge in [-0.1, -0.05) is 101 Å². The summed E-state index contributed by atoms with van der Waals surface area (Å²) in [5, 5.41) is 32.2. The van der Waals surface area contributed by atoms with Crippen LogP contribution in [-0.4, -0.2) is 235 Å². The summed E-state index contributed by atoms with van der Waals surface area (Å²) in [5.41, 5.74) is 20.4. The van der Waals surface area contributed by atoms with E-state index in [0.29, 0.717) is 106 Å². The lowest BCUT2D eigenvalue weighted by atomic mass is 9.99. The highest BCUT2D eigenvalue weighted by atomic mass is 16.2. The monoisotopic (exact) mass is 1640 g/mol. The van der Waals surface area contributed by atoms with Gasteiger partial charge in [-0.15, -0.1) is 10.2 Å². The van der Waals surface area contributed by atoms with Crippen molar-refractivity contribution < 1.29 is 28.8 Å². The number of aliphatic imine (C=N–C) groups is 1. The highest BCUT2D eigenvalue weighted by Crippen LogP contribution is 2.36. The van der Waals surface area contributed by atoms with Crippen molar-refractivity contribution in [3.63, 3.8) is 0 Å². The van der Waals surface area contributed by atoms with Crippen LogP contribution < -0.4 is 26.6 Å². The van der Waals surface area contributed by atoms with Crippen LogP contribution in [0.5, 0.6) is 0 Å². The molecule has 28 nitrogen and oxygen atoms in total. The molecule has 28 heteroatoms. The van der Waals surface area contributed by atoms with E-state index in [1.807, 2.05) is 161 Å². The van der Waals surface area contributed by atoms with Crippen molar-refractivity contribution >= 4 is 79.8 Å². The molecule has 5 amide bonds. The molecule has 122 heavy (non-hydrogen) atoms. The van der Waals surface area contributed by atoms with Crippen molar-refractivity contribution in [1.29, 1.82) is 0 Å². The third-order valence-corrected chi connectivity index (χ3v) is 22.0. The Morgan fingerprint density at radius 2 is 0.754 bits per heavy atom. The molecule has 0 fully saturated rings. The summed E-state index contributed by atoms with van der Waals surface area (Å²) in [4.78, 5) is 116. The van der Waals surface area contributed by atoms with Crippen LogP contribution in [0.4, 0.5) is 5.69 Å². The summed E-state index contributed by atoms with van der Waals surface area (Å²) in [6.07, 6.45) is 13.0. The van der Waals surface area contributed by atoms with Gasteiger partial charge in [0.1, 0.15) is 17.5 Å². The van der Waals surface area contributed by atoms with Gasteiger partial charge in [-0.25, -0.2) is 15.0 Å². The van der Waals surface area contributed by atoms with Gasteiger partial charge in [0, 0.05) is 142 Å². The largest absolute Gasteiger partial charge is 0.356 e. The number of nitrogens with one attached hydrogen (secondary N) is 8. The fraction of sp³-hybridized carbons (Fsp3) is 0.340. The van der Waals surface area contributed by atoms with Gasteiger partial charge in [0.2, 0.25) is 11.8 Å². The van der Waals surface area contributed by atoms with Crippen molar-refractivity contribution in [1.82, 2.24) is 106 Å². The smallest absolute Gasteiger partial charge is 0.251 e. The second-order valence-corrected chi connectivity index (χ2v) is 32.1. The zero-order chi connectivity index (χ0) is 84.9. The topological polar surface area (TPSA) is 335 Å². The van der Waals surface area contributed by atoms with Crippen molar-refractivity contribution in [2.45, 2.75) is 96.6 Å². The number of rotatable bonds is 44. The Morgan fingerprint density at radius 3 is 1.18 bits per heavy atom. The minimum absolute atomic E-state index is 0.0817. The molecule has 0 bridgehead atoms. The lowest BCUT2D eigenvalue weighted by Gasteiger charge is -2.16. The number of aromatic nitrogens is 12. The predicted octanol–water partition coefficient (Wildman–Crippen LogP) is 12.2. The summed E-state index contributed by atoms with van der Waals surface area (Å²) in [7, 11) is 12.1. The zero-order valence-corrected chi connectivity index (χ0v) is 70.4. The van der Waals surface area contributed by atoms with Crippen LogP contribution in [0.25, 0.3) is 89.5 Å². The number of fused-ring (bicyclic) bond motifs is 4. The quantitative estimate of drug-likeness (QED) is 0.0130. The SMILES string of the molecule is CN(C)CCCC(=O)c1ccc(-c2nc3cc(-c4ccc5[nH]c(-c6ccc(C(=O)NCCN(C)CCCCc7cn(CCCNC(=O)CCC(=O)NCCCn8cc(CCCCN(C)CCNC(=O)c9ccc(-c%10nc%11cc(-c%12ccc%13c(c%12)N=C(c%12ccc(C(=O)NCCN(C)C)cc%12)C%13)ccc%11[nH]%10)cc9)nn8)nn7)cc6)nc5c4)ccc3[nH]2)cc1. The molecule has 0 unspecified atom stereocenters. The number of hydrogen-bond acceptors (Lipinski definition) is 18. The Bertz CT molecular complexity index is 5800. The van der Waals surface area contributed by atoms with Crippen LogP contribution in [-0.2, 0) is 41.9 Å². The highest BCUT2D eigenvalue weighted by molar-refractivity contribution is 6.08. The molecule has 0 spiro atoms. The van der Waals surface area contributed by atoms with E-state index in [4.69, 9.17) is 19.9 Å². The molecule has 14 rings (SSSR count). The molecular weight excluding hydrogens is 1530 g/mol. The first kappa shape index (κ1) is 85.4. The fourth-order valence-corrected chi connectivity index (χ4v) is 14.9. The van der Waals surface area contributed by atoms with Gasteiger partial charge >= 0.3 is 0 Å². The Hall–Kier alpha value is -13.0. The number of imidazole rings is 3. The van der Waals surface area contributed by atoms with Gasteiger partial charge in [-0.05, 0) is 232 Å². The molecule has 0 saturated heterocycles. The van der Waals surface area contributed by atoms with Gasteiger partial charge in [-0.2, -0.15) is 0 Å². The molecule has 0 atom stereocenters. The Kier molecular flexibility index (Phi) is 28.9. The van der Waals surface area contributed by atoms with E-state index in [1.54, 1.807) is 9.36 Å². The van der Waals surface area contributed by atoms with Crippen LogP contribution in [0.1, 0.15) is 128 Å². The second-order valence-electron chi connectivity index (χ2n) is 32.1. The Labute approximate surface area is 710 Å². The van der Waals surface area contributed by atoms with E-state index >= 15 is 0 Å².